The van der Waals surface area contributed by atoms with Crippen LogP contribution in [0.4, 0.5) is 11.6 Å². The third-order valence-electron chi connectivity index (χ3n) is 3.89. The number of piperidine rings is 1. The van der Waals surface area contributed by atoms with Crippen molar-refractivity contribution < 1.29 is 4.79 Å². The van der Waals surface area contributed by atoms with E-state index < -0.39 is 0 Å². The summed E-state index contributed by atoms with van der Waals surface area (Å²) in [4.78, 5) is 23.0. The molecule has 120 valence electrons. The average molecular weight is 351 g/mol. The number of carbonyl (C=O) groups is 1. The van der Waals surface area contributed by atoms with Crippen LogP contribution in [0.5, 0.6) is 0 Å². The molecule has 1 N–H and O–H groups in total. The van der Waals surface area contributed by atoms with Crippen molar-refractivity contribution in [1.82, 2.24) is 9.97 Å². The Morgan fingerprint density at radius 3 is 2.48 bits per heavy atom. The lowest BCUT2D eigenvalue weighted by Crippen LogP contribution is -2.39. The molecule has 1 aliphatic rings. The summed E-state index contributed by atoms with van der Waals surface area (Å²) in [5.74, 6) is 0.706. The maximum absolute atomic E-state index is 12.4. The van der Waals surface area contributed by atoms with Crippen LogP contribution < -0.4 is 10.2 Å². The number of hydrogen-bond acceptors (Lipinski definition) is 4. The smallest absolute Gasteiger partial charge is 0.227 e. The van der Waals surface area contributed by atoms with Crippen molar-refractivity contribution in [2.75, 3.05) is 23.3 Å². The Labute approximate surface area is 144 Å². The van der Waals surface area contributed by atoms with Crippen molar-refractivity contribution in [2.45, 2.75) is 12.8 Å². The van der Waals surface area contributed by atoms with Gasteiger partial charge in [0.25, 0.3) is 0 Å². The molecule has 0 spiro atoms. The maximum atomic E-state index is 12.4. The molecule has 1 saturated heterocycles. The lowest BCUT2D eigenvalue weighted by molar-refractivity contribution is -0.120. The van der Waals surface area contributed by atoms with Gasteiger partial charge in [-0.1, -0.05) is 23.2 Å². The number of anilines is 2. The summed E-state index contributed by atoms with van der Waals surface area (Å²) < 4.78 is 0. The van der Waals surface area contributed by atoms with Gasteiger partial charge in [0.1, 0.15) is 0 Å². The van der Waals surface area contributed by atoms with E-state index in [9.17, 15) is 4.79 Å². The van der Waals surface area contributed by atoms with E-state index in [0.29, 0.717) is 15.7 Å². The number of nitrogens with zero attached hydrogens (tertiary/aromatic N) is 3. The highest BCUT2D eigenvalue weighted by atomic mass is 35.5. The minimum absolute atomic E-state index is 0.0111. The number of rotatable bonds is 3. The van der Waals surface area contributed by atoms with Crippen LogP contribution in [0.3, 0.4) is 0 Å². The van der Waals surface area contributed by atoms with Crippen LogP contribution in [0.25, 0.3) is 0 Å². The second-order valence-electron chi connectivity index (χ2n) is 5.43. The fourth-order valence-electron chi connectivity index (χ4n) is 2.61. The van der Waals surface area contributed by atoms with Gasteiger partial charge >= 0.3 is 0 Å². The van der Waals surface area contributed by atoms with Crippen LogP contribution in [0.15, 0.2) is 36.7 Å². The van der Waals surface area contributed by atoms with Gasteiger partial charge in [0.05, 0.1) is 10.0 Å². The van der Waals surface area contributed by atoms with Crippen molar-refractivity contribution in [1.29, 1.82) is 0 Å². The number of halogens is 2. The molecule has 0 unspecified atom stereocenters. The minimum Gasteiger partial charge on any atom is -0.341 e. The van der Waals surface area contributed by atoms with Crippen LogP contribution >= 0.6 is 23.2 Å². The van der Waals surface area contributed by atoms with Crippen LogP contribution in [0.2, 0.25) is 10.0 Å². The van der Waals surface area contributed by atoms with Gasteiger partial charge in [-0.15, -0.1) is 0 Å². The van der Waals surface area contributed by atoms with Crippen molar-refractivity contribution in [3.05, 3.63) is 46.7 Å². The van der Waals surface area contributed by atoms with E-state index in [4.69, 9.17) is 23.2 Å². The largest absolute Gasteiger partial charge is 0.341 e. The Morgan fingerprint density at radius 1 is 1.13 bits per heavy atom. The Kier molecular flexibility index (Phi) is 4.98. The van der Waals surface area contributed by atoms with Crippen LogP contribution in [-0.4, -0.2) is 29.0 Å². The summed E-state index contributed by atoms with van der Waals surface area (Å²) in [5, 5.41) is 3.81. The molecule has 0 bridgehead atoms. The van der Waals surface area contributed by atoms with Crippen LogP contribution in [0, 0.1) is 5.92 Å². The number of benzene rings is 1. The molecule has 1 fully saturated rings. The number of aromatic nitrogens is 2. The molecule has 0 saturated carbocycles. The van der Waals surface area contributed by atoms with Crippen LogP contribution in [0.1, 0.15) is 12.8 Å². The first-order valence-corrected chi connectivity index (χ1v) is 8.17. The summed E-state index contributed by atoms with van der Waals surface area (Å²) in [6.45, 7) is 1.53. The topological polar surface area (TPSA) is 58.1 Å². The molecular formula is C16H16Cl2N4O. The fraction of sp³-hybridized carbons (Fsp3) is 0.312. The monoisotopic (exact) mass is 350 g/mol. The van der Waals surface area contributed by atoms with E-state index in [2.05, 4.69) is 20.2 Å². The summed E-state index contributed by atoms with van der Waals surface area (Å²) >= 11 is 11.8. The molecule has 3 rings (SSSR count). The number of amides is 1. The molecule has 0 aliphatic carbocycles. The zero-order valence-corrected chi connectivity index (χ0v) is 13.9. The molecule has 0 atom stereocenters. The molecule has 0 radical (unpaired) electrons. The highest BCUT2D eigenvalue weighted by Gasteiger charge is 2.26. The van der Waals surface area contributed by atoms with E-state index in [1.165, 1.54) is 0 Å². The molecular weight excluding hydrogens is 335 g/mol. The number of hydrogen-bond donors (Lipinski definition) is 1. The van der Waals surface area contributed by atoms with Gasteiger partial charge in [-0.05, 0) is 37.1 Å². The highest BCUT2D eigenvalue weighted by molar-refractivity contribution is 6.42. The predicted molar refractivity (Wildman–Crippen MR) is 92.1 cm³/mol. The lowest BCUT2D eigenvalue weighted by atomic mass is 9.96. The van der Waals surface area contributed by atoms with E-state index in [0.717, 1.165) is 31.9 Å². The van der Waals surface area contributed by atoms with Gasteiger partial charge in [0, 0.05) is 37.1 Å². The lowest BCUT2D eigenvalue weighted by Gasteiger charge is -2.31. The molecule has 2 heterocycles. The molecule has 2 aromatic rings. The fourth-order valence-corrected chi connectivity index (χ4v) is 2.91. The van der Waals surface area contributed by atoms with E-state index in [1.807, 2.05) is 0 Å². The molecule has 7 heteroatoms. The van der Waals surface area contributed by atoms with Gasteiger partial charge in [0.2, 0.25) is 11.9 Å². The third-order valence-corrected chi connectivity index (χ3v) is 4.63. The standard InChI is InChI=1S/C16H16Cl2N4O/c17-13-3-2-12(10-14(13)18)21-15(23)11-4-8-22(9-5-11)16-19-6-1-7-20-16/h1-3,6-7,10-11H,4-5,8-9H2,(H,21,23). The first-order valence-electron chi connectivity index (χ1n) is 7.41. The summed E-state index contributed by atoms with van der Waals surface area (Å²) in [7, 11) is 0. The Balaban J connectivity index is 1.57. The molecule has 1 amide bonds. The quantitative estimate of drug-likeness (QED) is 0.917. The second-order valence-corrected chi connectivity index (χ2v) is 6.24. The van der Waals surface area contributed by atoms with Gasteiger partial charge < -0.3 is 10.2 Å². The first kappa shape index (κ1) is 16.0. The van der Waals surface area contributed by atoms with Crippen molar-refractivity contribution in [3.8, 4) is 0 Å². The van der Waals surface area contributed by atoms with Gasteiger partial charge in [-0.2, -0.15) is 0 Å². The highest BCUT2D eigenvalue weighted by Crippen LogP contribution is 2.26. The minimum atomic E-state index is -0.0237. The average Bonchev–Trinajstić information content (AvgIpc) is 2.59. The number of carbonyl (C=O) groups excluding carboxylic acids is 1. The maximum Gasteiger partial charge on any atom is 0.227 e. The zero-order chi connectivity index (χ0) is 16.2. The molecule has 1 aromatic carbocycles. The third kappa shape index (κ3) is 3.92. The predicted octanol–water partition coefficient (Wildman–Crippen LogP) is 3.64. The molecule has 23 heavy (non-hydrogen) atoms. The molecule has 5 nitrogen and oxygen atoms in total. The Morgan fingerprint density at radius 2 is 1.83 bits per heavy atom. The Hall–Kier alpha value is -1.85. The summed E-state index contributed by atoms with van der Waals surface area (Å²) in [6, 6.07) is 6.88. The van der Waals surface area contributed by atoms with Crippen molar-refractivity contribution in [3.63, 3.8) is 0 Å². The second kappa shape index (κ2) is 7.15. The first-order chi connectivity index (χ1) is 11.1. The van der Waals surface area contributed by atoms with Crippen molar-refractivity contribution >= 4 is 40.7 Å². The van der Waals surface area contributed by atoms with Gasteiger partial charge in [-0.25, -0.2) is 9.97 Å². The van der Waals surface area contributed by atoms with Crippen molar-refractivity contribution in [2.24, 2.45) is 5.92 Å². The number of nitrogens with one attached hydrogen (secondary N) is 1. The SMILES string of the molecule is O=C(Nc1ccc(Cl)c(Cl)c1)C1CCN(c2ncccn2)CC1. The normalized spacial score (nSPS) is 15.5. The van der Waals surface area contributed by atoms with E-state index in [1.54, 1.807) is 36.7 Å². The molecule has 1 aromatic heterocycles. The summed E-state index contributed by atoms with van der Waals surface area (Å²) in [6.07, 6.45) is 4.99. The Bertz CT molecular complexity index is 688. The van der Waals surface area contributed by atoms with Crippen LogP contribution in [-0.2, 0) is 4.79 Å². The zero-order valence-electron chi connectivity index (χ0n) is 12.4. The van der Waals surface area contributed by atoms with E-state index >= 15 is 0 Å². The molecule has 1 aliphatic heterocycles. The van der Waals surface area contributed by atoms with E-state index in [-0.39, 0.29) is 11.8 Å². The van der Waals surface area contributed by atoms with Gasteiger partial charge in [-0.3, -0.25) is 4.79 Å². The van der Waals surface area contributed by atoms with Gasteiger partial charge in [0.15, 0.2) is 0 Å². The summed E-state index contributed by atoms with van der Waals surface area (Å²) in [5.41, 5.74) is 0.665.